The largest absolute Gasteiger partial charge is 0.304 e. The Morgan fingerprint density at radius 2 is 1.95 bits per heavy atom. The number of aromatic nitrogens is 2. The van der Waals surface area contributed by atoms with Crippen LogP contribution in [0.3, 0.4) is 0 Å². The fourth-order valence-electron chi connectivity index (χ4n) is 3.86. The van der Waals surface area contributed by atoms with E-state index in [1.165, 1.54) is 11.1 Å². The number of nitrogens with zero attached hydrogens (tertiary/aromatic N) is 3. The zero-order valence-electron chi connectivity index (χ0n) is 10.7. The van der Waals surface area contributed by atoms with E-state index in [9.17, 15) is 5.26 Å². The second-order valence-corrected chi connectivity index (χ2v) is 5.72. The van der Waals surface area contributed by atoms with Crippen molar-refractivity contribution in [2.24, 2.45) is 0 Å². The van der Waals surface area contributed by atoms with E-state index in [2.05, 4.69) is 34.6 Å². The lowest BCUT2D eigenvalue weighted by Gasteiger charge is -2.34. The standard InChI is InChI=1S/C15H16N4/c16-9-19-11-5-6-12(19)8-10(7-11)15-13-3-1-2-4-14(13)17-18-15/h1-4,10-12H,5-8H2,(H,17,18). The van der Waals surface area contributed by atoms with E-state index in [-0.39, 0.29) is 0 Å². The van der Waals surface area contributed by atoms with E-state index < -0.39 is 0 Å². The molecule has 2 fully saturated rings. The Labute approximate surface area is 112 Å². The molecule has 2 unspecified atom stereocenters. The maximum atomic E-state index is 9.21. The summed E-state index contributed by atoms with van der Waals surface area (Å²) in [6, 6.07) is 9.19. The molecule has 2 saturated heterocycles. The van der Waals surface area contributed by atoms with Crippen molar-refractivity contribution in [2.75, 3.05) is 0 Å². The third-order valence-corrected chi connectivity index (χ3v) is 4.74. The van der Waals surface area contributed by atoms with Gasteiger partial charge in [0.2, 0.25) is 0 Å². The van der Waals surface area contributed by atoms with E-state index >= 15 is 0 Å². The van der Waals surface area contributed by atoms with Gasteiger partial charge in [0.15, 0.2) is 6.19 Å². The predicted molar refractivity (Wildman–Crippen MR) is 72.3 cm³/mol. The van der Waals surface area contributed by atoms with E-state index in [1.807, 2.05) is 11.0 Å². The lowest BCUT2D eigenvalue weighted by molar-refractivity contribution is 0.197. The van der Waals surface area contributed by atoms with Crippen LogP contribution in [-0.2, 0) is 0 Å². The molecule has 19 heavy (non-hydrogen) atoms. The smallest absolute Gasteiger partial charge is 0.179 e. The van der Waals surface area contributed by atoms with Gasteiger partial charge >= 0.3 is 0 Å². The van der Waals surface area contributed by atoms with Crippen molar-refractivity contribution in [1.82, 2.24) is 15.1 Å². The molecular weight excluding hydrogens is 236 g/mol. The molecule has 0 saturated carbocycles. The number of nitrogens with one attached hydrogen (secondary N) is 1. The van der Waals surface area contributed by atoms with Gasteiger partial charge in [-0.1, -0.05) is 18.2 Å². The van der Waals surface area contributed by atoms with Crippen molar-refractivity contribution in [1.29, 1.82) is 5.26 Å². The summed E-state index contributed by atoms with van der Waals surface area (Å²) < 4.78 is 0. The van der Waals surface area contributed by atoms with E-state index in [1.54, 1.807) is 0 Å². The van der Waals surface area contributed by atoms with Gasteiger partial charge in [-0.25, -0.2) is 0 Å². The number of hydrogen-bond acceptors (Lipinski definition) is 3. The van der Waals surface area contributed by atoms with Gasteiger partial charge in [0.25, 0.3) is 0 Å². The first-order valence-corrected chi connectivity index (χ1v) is 6.98. The maximum Gasteiger partial charge on any atom is 0.179 e. The van der Waals surface area contributed by atoms with Crippen LogP contribution in [0.1, 0.15) is 37.3 Å². The van der Waals surface area contributed by atoms with Crippen molar-refractivity contribution in [3.63, 3.8) is 0 Å². The number of piperidine rings is 1. The fraction of sp³-hybridized carbons (Fsp3) is 0.467. The highest BCUT2D eigenvalue weighted by molar-refractivity contribution is 5.81. The number of rotatable bonds is 1. The van der Waals surface area contributed by atoms with Crippen LogP contribution in [0, 0.1) is 11.5 Å². The van der Waals surface area contributed by atoms with Gasteiger partial charge < -0.3 is 4.90 Å². The second kappa shape index (κ2) is 3.99. The van der Waals surface area contributed by atoms with Crippen LogP contribution < -0.4 is 0 Å². The highest BCUT2D eigenvalue weighted by atomic mass is 15.2. The summed E-state index contributed by atoms with van der Waals surface area (Å²) in [5.41, 5.74) is 2.32. The van der Waals surface area contributed by atoms with E-state index in [0.29, 0.717) is 18.0 Å². The number of benzene rings is 1. The monoisotopic (exact) mass is 252 g/mol. The highest BCUT2D eigenvalue weighted by Gasteiger charge is 2.41. The Kier molecular flexibility index (Phi) is 2.28. The number of aromatic amines is 1. The molecule has 4 nitrogen and oxygen atoms in total. The lowest BCUT2D eigenvalue weighted by Crippen LogP contribution is -2.38. The summed E-state index contributed by atoms with van der Waals surface area (Å²) in [6.45, 7) is 0. The van der Waals surface area contributed by atoms with Gasteiger partial charge in [-0.15, -0.1) is 0 Å². The predicted octanol–water partition coefficient (Wildman–Crippen LogP) is 2.75. The zero-order valence-corrected chi connectivity index (χ0v) is 10.7. The molecule has 96 valence electrons. The maximum absolute atomic E-state index is 9.21. The van der Waals surface area contributed by atoms with Crippen molar-refractivity contribution < 1.29 is 0 Å². The zero-order chi connectivity index (χ0) is 12.8. The Balaban J connectivity index is 1.70. The Morgan fingerprint density at radius 1 is 1.21 bits per heavy atom. The number of para-hydroxylation sites is 1. The molecule has 2 bridgehead atoms. The lowest BCUT2D eigenvalue weighted by atomic mass is 9.87. The summed E-state index contributed by atoms with van der Waals surface area (Å²) in [5, 5.41) is 18.1. The molecule has 2 aliphatic rings. The number of fused-ring (bicyclic) bond motifs is 3. The Bertz CT molecular complexity index is 639. The van der Waals surface area contributed by atoms with Gasteiger partial charge in [-0.05, 0) is 31.7 Å². The first-order chi connectivity index (χ1) is 9.36. The van der Waals surface area contributed by atoms with Crippen molar-refractivity contribution in [3.8, 4) is 6.19 Å². The van der Waals surface area contributed by atoms with Crippen LogP contribution in [-0.4, -0.2) is 27.2 Å². The SMILES string of the molecule is N#CN1C2CCC1CC(c1n[nH]c3ccccc13)C2. The second-order valence-electron chi connectivity index (χ2n) is 5.72. The molecule has 0 amide bonds. The molecule has 0 aliphatic carbocycles. The highest BCUT2D eigenvalue weighted by Crippen LogP contribution is 2.43. The quantitative estimate of drug-likeness (QED) is 0.794. The molecule has 1 aromatic carbocycles. The van der Waals surface area contributed by atoms with Crippen LogP contribution >= 0.6 is 0 Å². The summed E-state index contributed by atoms with van der Waals surface area (Å²) in [5.74, 6) is 0.498. The number of nitriles is 1. The molecule has 4 rings (SSSR count). The molecule has 1 aromatic heterocycles. The molecular formula is C15H16N4. The van der Waals surface area contributed by atoms with Crippen molar-refractivity contribution in [2.45, 2.75) is 43.7 Å². The summed E-state index contributed by atoms with van der Waals surface area (Å²) >= 11 is 0. The van der Waals surface area contributed by atoms with Crippen LogP contribution in [0.5, 0.6) is 0 Å². The number of H-pyrrole nitrogens is 1. The van der Waals surface area contributed by atoms with Crippen LogP contribution in [0.15, 0.2) is 24.3 Å². The third kappa shape index (κ3) is 1.54. The van der Waals surface area contributed by atoms with Crippen molar-refractivity contribution >= 4 is 10.9 Å². The Morgan fingerprint density at radius 3 is 2.68 bits per heavy atom. The Hall–Kier alpha value is -2.02. The van der Waals surface area contributed by atoms with Gasteiger partial charge in [0.05, 0.1) is 11.2 Å². The first-order valence-electron chi connectivity index (χ1n) is 6.98. The van der Waals surface area contributed by atoms with Crippen molar-refractivity contribution in [3.05, 3.63) is 30.0 Å². The molecule has 4 heteroatoms. The van der Waals surface area contributed by atoms with E-state index in [0.717, 1.165) is 31.2 Å². The minimum atomic E-state index is 0.434. The molecule has 2 atom stereocenters. The van der Waals surface area contributed by atoms with Gasteiger partial charge in [0.1, 0.15) is 0 Å². The average molecular weight is 252 g/mol. The first kappa shape index (κ1) is 10.9. The minimum absolute atomic E-state index is 0.434. The average Bonchev–Trinajstić information content (AvgIpc) is 2.97. The fourth-order valence-corrected chi connectivity index (χ4v) is 3.86. The topological polar surface area (TPSA) is 55.7 Å². The summed E-state index contributed by atoms with van der Waals surface area (Å²) in [6.07, 6.45) is 6.84. The summed E-state index contributed by atoms with van der Waals surface area (Å²) in [7, 11) is 0. The van der Waals surface area contributed by atoms with E-state index in [4.69, 9.17) is 0 Å². The van der Waals surface area contributed by atoms with Crippen LogP contribution in [0.2, 0.25) is 0 Å². The van der Waals surface area contributed by atoms with Gasteiger partial charge in [0, 0.05) is 23.4 Å². The molecule has 2 aromatic rings. The molecule has 3 heterocycles. The molecule has 1 N–H and O–H groups in total. The third-order valence-electron chi connectivity index (χ3n) is 4.74. The van der Waals surface area contributed by atoms with Crippen LogP contribution in [0.4, 0.5) is 0 Å². The molecule has 2 aliphatic heterocycles. The normalized spacial score (nSPS) is 29.6. The summed E-state index contributed by atoms with van der Waals surface area (Å²) in [4.78, 5) is 2.02. The molecule has 0 spiro atoms. The van der Waals surface area contributed by atoms with Gasteiger partial charge in [-0.2, -0.15) is 10.4 Å². The van der Waals surface area contributed by atoms with Crippen LogP contribution in [0.25, 0.3) is 10.9 Å². The van der Waals surface area contributed by atoms with Gasteiger partial charge in [-0.3, -0.25) is 5.10 Å². The minimum Gasteiger partial charge on any atom is -0.304 e. The molecule has 0 radical (unpaired) electrons. The number of hydrogen-bond donors (Lipinski definition) is 1.